The van der Waals surface area contributed by atoms with Gasteiger partial charge in [0.25, 0.3) is 0 Å². The number of H-pyrrole nitrogens is 1. The van der Waals surface area contributed by atoms with Gasteiger partial charge in [0.15, 0.2) is 0 Å². The van der Waals surface area contributed by atoms with E-state index in [1.807, 2.05) is 33.0 Å². The second-order valence-corrected chi connectivity index (χ2v) is 8.46. The van der Waals surface area contributed by atoms with Crippen molar-refractivity contribution in [3.8, 4) is 17.0 Å². The average molecular weight is 409 g/mol. The number of hydrogen-bond acceptors (Lipinski definition) is 5. The number of methoxy groups -OCH3 is 1. The van der Waals surface area contributed by atoms with Gasteiger partial charge in [-0.25, -0.2) is 4.79 Å². The molecular formula is C23H28N4O3. The van der Waals surface area contributed by atoms with Crippen LogP contribution in [0.15, 0.2) is 42.6 Å². The van der Waals surface area contributed by atoms with Gasteiger partial charge < -0.3 is 24.3 Å². The minimum atomic E-state index is -0.469. The number of benzene rings is 1. The van der Waals surface area contributed by atoms with Crippen molar-refractivity contribution in [2.45, 2.75) is 26.4 Å². The summed E-state index contributed by atoms with van der Waals surface area (Å²) in [6.45, 7) is 8.53. The van der Waals surface area contributed by atoms with E-state index in [9.17, 15) is 4.79 Å². The summed E-state index contributed by atoms with van der Waals surface area (Å²) in [5.41, 5.74) is 3.50. The molecule has 0 unspecified atom stereocenters. The number of aromatic amines is 1. The third-order valence-electron chi connectivity index (χ3n) is 5.17. The van der Waals surface area contributed by atoms with Crippen LogP contribution >= 0.6 is 0 Å². The Morgan fingerprint density at radius 2 is 1.77 bits per heavy atom. The molecule has 1 amide bonds. The van der Waals surface area contributed by atoms with Crippen LogP contribution in [-0.4, -0.2) is 59.9 Å². The normalized spacial score (nSPS) is 14.8. The quantitative estimate of drug-likeness (QED) is 0.700. The fourth-order valence-corrected chi connectivity index (χ4v) is 3.65. The second kappa shape index (κ2) is 7.89. The van der Waals surface area contributed by atoms with E-state index in [0.717, 1.165) is 40.9 Å². The largest absolute Gasteiger partial charge is 0.480 e. The van der Waals surface area contributed by atoms with Gasteiger partial charge in [-0.15, -0.1) is 0 Å². The Morgan fingerprint density at radius 1 is 1.07 bits per heavy atom. The number of rotatable bonds is 3. The zero-order valence-corrected chi connectivity index (χ0v) is 17.9. The maximum atomic E-state index is 12.3. The highest BCUT2D eigenvalue weighted by Crippen LogP contribution is 2.32. The number of ether oxygens (including phenoxy) is 2. The molecule has 0 saturated carbocycles. The topological polar surface area (TPSA) is 70.7 Å². The van der Waals surface area contributed by atoms with Gasteiger partial charge in [0.1, 0.15) is 11.2 Å². The van der Waals surface area contributed by atoms with E-state index in [0.29, 0.717) is 19.0 Å². The summed E-state index contributed by atoms with van der Waals surface area (Å²) >= 11 is 0. The van der Waals surface area contributed by atoms with Crippen LogP contribution in [0.2, 0.25) is 0 Å². The molecule has 0 radical (unpaired) electrons. The molecule has 4 rings (SSSR count). The summed E-state index contributed by atoms with van der Waals surface area (Å²) in [5.74, 6) is 0.601. The van der Waals surface area contributed by atoms with E-state index < -0.39 is 5.60 Å². The van der Waals surface area contributed by atoms with Crippen molar-refractivity contribution in [2.24, 2.45) is 0 Å². The zero-order chi connectivity index (χ0) is 21.3. The van der Waals surface area contributed by atoms with Crippen LogP contribution < -0.4 is 9.64 Å². The lowest BCUT2D eigenvalue weighted by Crippen LogP contribution is -2.50. The van der Waals surface area contributed by atoms with E-state index in [-0.39, 0.29) is 6.09 Å². The predicted octanol–water partition coefficient (Wildman–Crippen LogP) is 4.30. The van der Waals surface area contributed by atoms with Crippen LogP contribution in [-0.2, 0) is 4.74 Å². The number of anilines is 1. The van der Waals surface area contributed by atoms with E-state index >= 15 is 0 Å². The van der Waals surface area contributed by atoms with Crippen molar-refractivity contribution < 1.29 is 14.3 Å². The molecule has 2 aromatic heterocycles. The summed E-state index contributed by atoms with van der Waals surface area (Å²) in [6, 6.07) is 12.5. The van der Waals surface area contributed by atoms with Crippen molar-refractivity contribution in [3.05, 3.63) is 42.6 Å². The summed E-state index contributed by atoms with van der Waals surface area (Å²) in [4.78, 5) is 24.0. The summed E-state index contributed by atoms with van der Waals surface area (Å²) < 4.78 is 11.0. The minimum absolute atomic E-state index is 0.239. The maximum Gasteiger partial charge on any atom is 0.410 e. The van der Waals surface area contributed by atoms with E-state index in [2.05, 4.69) is 45.2 Å². The van der Waals surface area contributed by atoms with Crippen LogP contribution in [0.5, 0.6) is 5.88 Å². The van der Waals surface area contributed by atoms with Crippen LogP contribution in [0.3, 0.4) is 0 Å². The van der Waals surface area contributed by atoms with Gasteiger partial charge in [0.05, 0.1) is 7.11 Å². The van der Waals surface area contributed by atoms with Crippen molar-refractivity contribution >= 4 is 22.8 Å². The highest BCUT2D eigenvalue weighted by molar-refractivity contribution is 5.84. The van der Waals surface area contributed by atoms with Crippen molar-refractivity contribution in [1.29, 1.82) is 0 Å². The molecule has 1 N–H and O–H groups in total. The van der Waals surface area contributed by atoms with Crippen LogP contribution in [0.25, 0.3) is 22.2 Å². The van der Waals surface area contributed by atoms with Gasteiger partial charge in [-0.05, 0) is 50.6 Å². The number of carbonyl (C=O) groups excluding carboxylic acids is 1. The fraction of sp³-hybridized carbons (Fsp3) is 0.391. The number of carbonyl (C=O) groups is 1. The van der Waals surface area contributed by atoms with E-state index in [1.54, 1.807) is 12.0 Å². The maximum absolute atomic E-state index is 12.3. The molecule has 1 saturated heterocycles. The molecule has 30 heavy (non-hydrogen) atoms. The summed E-state index contributed by atoms with van der Waals surface area (Å²) in [7, 11) is 1.64. The number of nitrogens with zero attached hydrogens (tertiary/aromatic N) is 3. The van der Waals surface area contributed by atoms with Gasteiger partial charge in [-0.1, -0.05) is 12.1 Å². The summed E-state index contributed by atoms with van der Waals surface area (Å²) in [5, 5.41) is 1.05. The Labute approximate surface area is 176 Å². The smallest absolute Gasteiger partial charge is 0.410 e. The molecule has 0 spiro atoms. The Bertz CT molecular complexity index is 1030. The third-order valence-corrected chi connectivity index (χ3v) is 5.17. The lowest BCUT2D eigenvalue weighted by Gasteiger charge is -2.36. The molecule has 7 heteroatoms. The average Bonchev–Trinajstić information content (AvgIpc) is 3.19. The fourth-order valence-electron chi connectivity index (χ4n) is 3.65. The molecule has 7 nitrogen and oxygen atoms in total. The molecule has 158 valence electrons. The number of piperazine rings is 1. The molecule has 0 atom stereocenters. The number of fused-ring (bicyclic) bond motifs is 1. The predicted molar refractivity (Wildman–Crippen MR) is 118 cm³/mol. The highest BCUT2D eigenvalue weighted by Gasteiger charge is 2.26. The molecule has 1 aromatic carbocycles. The highest BCUT2D eigenvalue weighted by atomic mass is 16.6. The minimum Gasteiger partial charge on any atom is -0.480 e. The molecule has 1 fully saturated rings. The van der Waals surface area contributed by atoms with E-state index in [4.69, 9.17) is 9.47 Å². The molecule has 1 aliphatic heterocycles. The first kappa shape index (κ1) is 20.1. The molecule has 1 aliphatic rings. The van der Waals surface area contributed by atoms with Crippen LogP contribution in [0.4, 0.5) is 10.5 Å². The third kappa shape index (κ3) is 4.20. The van der Waals surface area contributed by atoms with Gasteiger partial charge in [-0.3, -0.25) is 0 Å². The van der Waals surface area contributed by atoms with Gasteiger partial charge in [0.2, 0.25) is 5.88 Å². The van der Waals surface area contributed by atoms with Gasteiger partial charge in [-0.2, -0.15) is 4.98 Å². The molecule has 0 bridgehead atoms. The second-order valence-electron chi connectivity index (χ2n) is 8.46. The SMILES string of the molecule is COc1nc2[nH]ccc2cc1-c1ccc(N2CCN(C(=O)OC(C)(C)C)CC2)cc1. The van der Waals surface area contributed by atoms with Crippen molar-refractivity contribution in [1.82, 2.24) is 14.9 Å². The van der Waals surface area contributed by atoms with Gasteiger partial charge in [0, 0.05) is 49.0 Å². The van der Waals surface area contributed by atoms with Crippen molar-refractivity contribution in [3.63, 3.8) is 0 Å². The zero-order valence-electron chi connectivity index (χ0n) is 17.9. The van der Waals surface area contributed by atoms with E-state index in [1.165, 1.54) is 0 Å². The number of nitrogens with one attached hydrogen (secondary N) is 1. The number of hydrogen-bond donors (Lipinski definition) is 1. The van der Waals surface area contributed by atoms with Crippen LogP contribution in [0, 0.1) is 0 Å². The Balaban J connectivity index is 1.45. The lowest BCUT2D eigenvalue weighted by atomic mass is 10.1. The number of aromatic nitrogens is 2. The Kier molecular flexibility index (Phi) is 5.28. The van der Waals surface area contributed by atoms with Crippen LogP contribution in [0.1, 0.15) is 20.8 Å². The van der Waals surface area contributed by atoms with Crippen molar-refractivity contribution in [2.75, 3.05) is 38.2 Å². The monoisotopic (exact) mass is 408 g/mol. The lowest BCUT2D eigenvalue weighted by molar-refractivity contribution is 0.0240. The first-order valence-corrected chi connectivity index (χ1v) is 10.2. The number of pyridine rings is 1. The Hall–Kier alpha value is -3.22. The molecule has 3 aromatic rings. The standard InChI is InChI=1S/C23H28N4O3/c1-23(2,3)30-22(28)27-13-11-26(12-14-27)18-7-5-16(6-8-18)19-15-17-9-10-24-20(17)25-21(19)29-4/h5-10,15H,11-14H2,1-4H3,(H,24,25). The molecule has 0 aliphatic carbocycles. The molecular weight excluding hydrogens is 380 g/mol. The van der Waals surface area contributed by atoms with Gasteiger partial charge >= 0.3 is 6.09 Å². The number of amides is 1. The molecule has 3 heterocycles. The first-order chi connectivity index (χ1) is 14.3. The summed E-state index contributed by atoms with van der Waals surface area (Å²) in [6.07, 6.45) is 1.64. The Morgan fingerprint density at radius 3 is 2.40 bits per heavy atom. The first-order valence-electron chi connectivity index (χ1n) is 10.2.